The summed E-state index contributed by atoms with van der Waals surface area (Å²) in [5.74, 6) is 0.394. The predicted molar refractivity (Wildman–Crippen MR) is 104 cm³/mol. The summed E-state index contributed by atoms with van der Waals surface area (Å²) in [7, 11) is 0. The summed E-state index contributed by atoms with van der Waals surface area (Å²) in [5.41, 5.74) is 3.08. The number of aromatic nitrogens is 2. The Labute approximate surface area is 157 Å². The van der Waals surface area contributed by atoms with Crippen molar-refractivity contribution in [1.82, 2.24) is 9.97 Å². The Morgan fingerprint density at radius 2 is 1.70 bits per heavy atom. The lowest BCUT2D eigenvalue weighted by molar-refractivity contribution is 0.102. The second kappa shape index (κ2) is 8.40. The van der Waals surface area contributed by atoms with Gasteiger partial charge in [-0.15, -0.1) is 0 Å². The zero-order valence-corrected chi connectivity index (χ0v) is 15.2. The van der Waals surface area contributed by atoms with Crippen LogP contribution in [0, 0.1) is 5.82 Å². The van der Waals surface area contributed by atoms with Crippen LogP contribution in [0.3, 0.4) is 0 Å². The number of amides is 1. The van der Waals surface area contributed by atoms with Crippen LogP contribution in [0.15, 0.2) is 60.9 Å². The lowest BCUT2D eigenvalue weighted by atomic mass is 10.0. The Bertz CT molecular complexity index is 891. The van der Waals surface area contributed by atoms with Gasteiger partial charge in [-0.2, -0.15) is 0 Å². The highest BCUT2D eigenvalue weighted by Crippen LogP contribution is 2.17. The highest BCUT2D eigenvalue weighted by atomic mass is 19.1. The van der Waals surface area contributed by atoms with E-state index in [1.54, 1.807) is 12.1 Å². The van der Waals surface area contributed by atoms with Crippen LogP contribution in [0.2, 0.25) is 0 Å². The van der Waals surface area contributed by atoms with E-state index in [4.69, 9.17) is 0 Å². The van der Waals surface area contributed by atoms with Crippen molar-refractivity contribution in [2.75, 3.05) is 10.6 Å². The summed E-state index contributed by atoms with van der Waals surface area (Å²) in [4.78, 5) is 20.6. The number of halogens is 1. The molecule has 0 spiro atoms. The molecule has 0 saturated carbocycles. The molecule has 5 nitrogen and oxygen atoms in total. The van der Waals surface area contributed by atoms with Crippen molar-refractivity contribution in [3.8, 4) is 0 Å². The minimum Gasteiger partial charge on any atom is -0.365 e. The standard InChI is InChI=1S/C21H21FN4O/c1-14(2)16-5-9-18(10-6-16)26-21(27)19-12-25-20(13-23-19)24-11-15-3-7-17(22)8-4-15/h3-10,12-14H,11H2,1-2H3,(H,24,25)(H,26,27). The summed E-state index contributed by atoms with van der Waals surface area (Å²) < 4.78 is 12.9. The van der Waals surface area contributed by atoms with Crippen LogP contribution in [0.25, 0.3) is 0 Å². The second-order valence-electron chi connectivity index (χ2n) is 6.50. The largest absolute Gasteiger partial charge is 0.365 e. The van der Waals surface area contributed by atoms with Gasteiger partial charge >= 0.3 is 0 Å². The number of hydrogen-bond donors (Lipinski definition) is 2. The Balaban J connectivity index is 1.57. The molecule has 0 atom stereocenters. The number of carbonyl (C=O) groups excluding carboxylic acids is 1. The fourth-order valence-corrected chi connectivity index (χ4v) is 2.48. The van der Waals surface area contributed by atoms with Crippen LogP contribution in [0.4, 0.5) is 15.9 Å². The van der Waals surface area contributed by atoms with Crippen molar-refractivity contribution in [2.45, 2.75) is 26.3 Å². The molecule has 0 aliphatic rings. The Morgan fingerprint density at radius 1 is 1.00 bits per heavy atom. The molecule has 2 aromatic carbocycles. The van der Waals surface area contributed by atoms with Crippen LogP contribution in [-0.2, 0) is 6.54 Å². The number of carbonyl (C=O) groups is 1. The summed E-state index contributed by atoms with van der Waals surface area (Å²) >= 11 is 0. The number of benzene rings is 2. The fourth-order valence-electron chi connectivity index (χ4n) is 2.48. The summed E-state index contributed by atoms with van der Waals surface area (Å²) in [6.45, 7) is 4.73. The maximum atomic E-state index is 12.9. The highest BCUT2D eigenvalue weighted by Gasteiger charge is 2.09. The van der Waals surface area contributed by atoms with Crippen molar-refractivity contribution < 1.29 is 9.18 Å². The summed E-state index contributed by atoms with van der Waals surface area (Å²) in [6.07, 6.45) is 2.92. The van der Waals surface area contributed by atoms with E-state index in [9.17, 15) is 9.18 Å². The number of nitrogens with zero attached hydrogens (tertiary/aromatic N) is 2. The molecular weight excluding hydrogens is 343 g/mol. The fraction of sp³-hybridized carbons (Fsp3) is 0.190. The third-order valence-corrected chi connectivity index (χ3v) is 4.11. The van der Waals surface area contributed by atoms with Crippen LogP contribution < -0.4 is 10.6 Å². The topological polar surface area (TPSA) is 66.9 Å². The van der Waals surface area contributed by atoms with Gasteiger partial charge in [-0.1, -0.05) is 38.1 Å². The van der Waals surface area contributed by atoms with Gasteiger partial charge in [0.25, 0.3) is 5.91 Å². The van der Waals surface area contributed by atoms with E-state index in [0.29, 0.717) is 24.0 Å². The van der Waals surface area contributed by atoms with Gasteiger partial charge in [-0.05, 0) is 41.3 Å². The molecule has 3 rings (SSSR count). The first kappa shape index (κ1) is 18.5. The molecule has 0 fully saturated rings. The lowest BCUT2D eigenvalue weighted by Gasteiger charge is -2.09. The zero-order valence-electron chi connectivity index (χ0n) is 15.2. The number of nitrogens with one attached hydrogen (secondary N) is 2. The molecule has 0 aliphatic carbocycles. The van der Waals surface area contributed by atoms with Gasteiger partial charge in [0, 0.05) is 12.2 Å². The lowest BCUT2D eigenvalue weighted by Crippen LogP contribution is -2.14. The molecule has 3 aromatic rings. The minimum atomic E-state index is -0.315. The van der Waals surface area contributed by atoms with Gasteiger partial charge in [-0.3, -0.25) is 4.79 Å². The first-order chi connectivity index (χ1) is 13.0. The second-order valence-corrected chi connectivity index (χ2v) is 6.50. The van der Waals surface area contributed by atoms with Gasteiger partial charge in [0.1, 0.15) is 17.3 Å². The molecule has 0 radical (unpaired) electrons. The Kier molecular flexibility index (Phi) is 5.76. The van der Waals surface area contributed by atoms with E-state index < -0.39 is 0 Å². The molecule has 0 aliphatic heterocycles. The SMILES string of the molecule is CC(C)c1ccc(NC(=O)c2cnc(NCc3ccc(F)cc3)cn2)cc1. The average molecular weight is 364 g/mol. The number of anilines is 2. The maximum absolute atomic E-state index is 12.9. The summed E-state index contributed by atoms with van der Waals surface area (Å²) in [5, 5.41) is 5.89. The quantitative estimate of drug-likeness (QED) is 0.671. The molecule has 1 amide bonds. The zero-order chi connectivity index (χ0) is 19.2. The first-order valence-corrected chi connectivity index (χ1v) is 8.73. The average Bonchev–Trinajstić information content (AvgIpc) is 2.68. The summed E-state index contributed by atoms with van der Waals surface area (Å²) in [6, 6.07) is 13.9. The molecule has 138 valence electrons. The predicted octanol–water partition coefficient (Wildman–Crippen LogP) is 4.60. The van der Waals surface area contributed by atoms with Crippen LogP contribution in [0.1, 0.15) is 41.4 Å². The molecule has 2 N–H and O–H groups in total. The van der Waals surface area contributed by atoms with Crippen molar-refractivity contribution in [1.29, 1.82) is 0 Å². The maximum Gasteiger partial charge on any atom is 0.275 e. The molecule has 1 aromatic heterocycles. The van der Waals surface area contributed by atoms with Gasteiger partial charge in [0.2, 0.25) is 0 Å². The van der Waals surface area contributed by atoms with E-state index in [1.165, 1.54) is 30.1 Å². The van der Waals surface area contributed by atoms with E-state index in [1.807, 2.05) is 24.3 Å². The van der Waals surface area contributed by atoms with Crippen molar-refractivity contribution >= 4 is 17.4 Å². The van der Waals surface area contributed by atoms with E-state index >= 15 is 0 Å². The van der Waals surface area contributed by atoms with E-state index in [0.717, 1.165) is 5.56 Å². The van der Waals surface area contributed by atoms with Crippen LogP contribution in [0.5, 0.6) is 0 Å². The van der Waals surface area contributed by atoms with Crippen LogP contribution in [-0.4, -0.2) is 15.9 Å². The molecule has 0 saturated heterocycles. The van der Waals surface area contributed by atoms with E-state index in [2.05, 4.69) is 34.4 Å². The van der Waals surface area contributed by atoms with Crippen molar-refractivity contribution in [3.63, 3.8) is 0 Å². The molecule has 6 heteroatoms. The van der Waals surface area contributed by atoms with Gasteiger partial charge in [-0.25, -0.2) is 14.4 Å². The number of hydrogen-bond acceptors (Lipinski definition) is 4. The smallest absolute Gasteiger partial charge is 0.275 e. The minimum absolute atomic E-state index is 0.232. The highest BCUT2D eigenvalue weighted by molar-refractivity contribution is 6.02. The molecule has 0 unspecified atom stereocenters. The van der Waals surface area contributed by atoms with E-state index in [-0.39, 0.29) is 17.4 Å². The third kappa shape index (κ3) is 5.10. The monoisotopic (exact) mass is 364 g/mol. The van der Waals surface area contributed by atoms with Gasteiger partial charge in [0.05, 0.1) is 12.4 Å². The van der Waals surface area contributed by atoms with Crippen molar-refractivity contribution in [3.05, 3.63) is 83.6 Å². The third-order valence-electron chi connectivity index (χ3n) is 4.11. The van der Waals surface area contributed by atoms with Crippen LogP contribution >= 0.6 is 0 Å². The number of rotatable bonds is 6. The first-order valence-electron chi connectivity index (χ1n) is 8.73. The molecule has 0 bridgehead atoms. The van der Waals surface area contributed by atoms with Gasteiger partial charge < -0.3 is 10.6 Å². The molecule has 27 heavy (non-hydrogen) atoms. The normalized spacial score (nSPS) is 10.7. The molecular formula is C21H21FN4O. The van der Waals surface area contributed by atoms with Gasteiger partial charge in [0.15, 0.2) is 0 Å². The van der Waals surface area contributed by atoms with Crippen molar-refractivity contribution in [2.24, 2.45) is 0 Å². The molecule has 1 heterocycles. The Hall–Kier alpha value is -3.28. The Morgan fingerprint density at radius 3 is 2.30 bits per heavy atom.